The number of hydrogen-bond donors (Lipinski definition) is 1. The molecule has 4 nitrogen and oxygen atoms in total. The van der Waals surface area contributed by atoms with Gasteiger partial charge in [0.2, 0.25) is 10.0 Å². The van der Waals surface area contributed by atoms with Crippen molar-refractivity contribution >= 4 is 15.7 Å². The lowest BCUT2D eigenvalue weighted by molar-refractivity contribution is 0.291. The van der Waals surface area contributed by atoms with Crippen LogP contribution in [0.3, 0.4) is 0 Å². The molecule has 1 rings (SSSR count). The molecule has 0 saturated heterocycles. The molecule has 0 aliphatic rings. The molecule has 0 bridgehead atoms. The number of nitrogens with zero attached hydrogens (tertiary/aromatic N) is 1. The average Bonchev–Trinajstić information content (AvgIpc) is 2.32. The zero-order valence-electron chi connectivity index (χ0n) is 10.6. The Bertz CT molecular complexity index is 389. The number of benzene rings is 1. The van der Waals surface area contributed by atoms with E-state index in [1.54, 1.807) is 24.3 Å². The van der Waals surface area contributed by atoms with Crippen LogP contribution in [-0.4, -0.2) is 32.9 Å². The van der Waals surface area contributed by atoms with E-state index in [4.69, 9.17) is 5.11 Å². The van der Waals surface area contributed by atoms with Gasteiger partial charge in [-0.3, -0.25) is 4.31 Å². The van der Waals surface area contributed by atoms with Crippen molar-refractivity contribution in [2.24, 2.45) is 0 Å². The summed E-state index contributed by atoms with van der Waals surface area (Å²) in [5, 5.41) is 8.71. The molecule has 0 aliphatic carbocycles. The Morgan fingerprint density at radius 3 is 2.12 bits per heavy atom. The third kappa shape index (κ3) is 5.70. The number of rotatable bonds is 5. The number of aliphatic hydroxyl groups is 1. The third-order valence-corrected chi connectivity index (χ3v) is 3.16. The van der Waals surface area contributed by atoms with Gasteiger partial charge in [0.25, 0.3) is 0 Å². The SMILES string of the molecule is CC.CS(=O)(=O)N(CCCO)c1ccccc1. The summed E-state index contributed by atoms with van der Waals surface area (Å²) in [4.78, 5) is 0. The minimum Gasteiger partial charge on any atom is -0.396 e. The van der Waals surface area contributed by atoms with Crippen LogP contribution in [0.2, 0.25) is 0 Å². The van der Waals surface area contributed by atoms with Crippen molar-refractivity contribution in [3.05, 3.63) is 30.3 Å². The van der Waals surface area contributed by atoms with Gasteiger partial charge in [0.15, 0.2) is 0 Å². The van der Waals surface area contributed by atoms with Crippen LogP contribution in [0.15, 0.2) is 30.3 Å². The molecule has 0 heterocycles. The van der Waals surface area contributed by atoms with Crippen LogP contribution in [0.4, 0.5) is 5.69 Å². The highest BCUT2D eigenvalue weighted by Crippen LogP contribution is 2.16. The van der Waals surface area contributed by atoms with Crippen molar-refractivity contribution in [2.45, 2.75) is 20.3 Å². The van der Waals surface area contributed by atoms with Crippen LogP contribution in [0.1, 0.15) is 20.3 Å². The predicted molar refractivity (Wildman–Crippen MR) is 71.7 cm³/mol. The van der Waals surface area contributed by atoms with Crippen LogP contribution in [0, 0.1) is 0 Å². The van der Waals surface area contributed by atoms with Gasteiger partial charge >= 0.3 is 0 Å². The first kappa shape index (κ1) is 15.9. The fourth-order valence-electron chi connectivity index (χ4n) is 1.29. The maximum absolute atomic E-state index is 11.5. The van der Waals surface area contributed by atoms with E-state index in [0.29, 0.717) is 18.7 Å². The normalized spacial score (nSPS) is 10.4. The van der Waals surface area contributed by atoms with E-state index in [-0.39, 0.29) is 6.61 Å². The Kier molecular flexibility index (Phi) is 7.58. The molecule has 0 unspecified atom stereocenters. The molecular weight excluding hydrogens is 238 g/mol. The zero-order chi connectivity index (χ0) is 13.3. The van der Waals surface area contributed by atoms with Gasteiger partial charge in [0.1, 0.15) is 0 Å². The van der Waals surface area contributed by atoms with Gasteiger partial charge in [0.05, 0.1) is 11.9 Å². The van der Waals surface area contributed by atoms with Crippen molar-refractivity contribution in [3.8, 4) is 0 Å². The van der Waals surface area contributed by atoms with E-state index in [0.717, 1.165) is 6.26 Å². The van der Waals surface area contributed by atoms with Crippen LogP contribution in [-0.2, 0) is 10.0 Å². The zero-order valence-corrected chi connectivity index (χ0v) is 11.4. The van der Waals surface area contributed by atoms with Crippen molar-refractivity contribution in [1.29, 1.82) is 0 Å². The molecule has 98 valence electrons. The topological polar surface area (TPSA) is 57.6 Å². The molecule has 0 saturated carbocycles. The third-order valence-electron chi connectivity index (χ3n) is 1.96. The first-order valence-corrected chi connectivity index (χ1v) is 7.54. The molecule has 0 aliphatic heterocycles. The second kappa shape index (κ2) is 8.08. The molecule has 0 spiro atoms. The Hall–Kier alpha value is -1.07. The standard InChI is InChI=1S/C10H15NO3S.C2H6/c1-15(13,14)11(8-5-9-12)10-6-3-2-4-7-10;1-2/h2-4,6-7,12H,5,8-9H2,1H3;1-2H3. The van der Waals surface area contributed by atoms with Crippen LogP contribution >= 0.6 is 0 Å². The maximum atomic E-state index is 11.5. The van der Waals surface area contributed by atoms with Crippen molar-refractivity contribution in [1.82, 2.24) is 0 Å². The smallest absolute Gasteiger partial charge is 0.232 e. The average molecular weight is 259 g/mol. The first-order chi connectivity index (χ1) is 8.05. The van der Waals surface area contributed by atoms with E-state index in [9.17, 15) is 8.42 Å². The van der Waals surface area contributed by atoms with Crippen LogP contribution < -0.4 is 4.31 Å². The summed E-state index contributed by atoms with van der Waals surface area (Å²) in [6.45, 7) is 4.29. The largest absolute Gasteiger partial charge is 0.396 e. The highest BCUT2D eigenvalue weighted by Gasteiger charge is 2.15. The summed E-state index contributed by atoms with van der Waals surface area (Å²) >= 11 is 0. The second-order valence-electron chi connectivity index (χ2n) is 3.25. The van der Waals surface area contributed by atoms with E-state index < -0.39 is 10.0 Å². The highest BCUT2D eigenvalue weighted by atomic mass is 32.2. The molecule has 1 N–H and O–H groups in total. The molecule has 0 atom stereocenters. The highest BCUT2D eigenvalue weighted by molar-refractivity contribution is 7.92. The van der Waals surface area contributed by atoms with E-state index in [1.807, 2.05) is 19.9 Å². The summed E-state index contributed by atoms with van der Waals surface area (Å²) in [7, 11) is -3.27. The minimum atomic E-state index is -3.27. The Labute approximate surface area is 104 Å². The minimum absolute atomic E-state index is 0.0150. The van der Waals surface area contributed by atoms with Gasteiger partial charge in [-0.25, -0.2) is 8.42 Å². The first-order valence-electron chi connectivity index (χ1n) is 5.69. The van der Waals surface area contributed by atoms with E-state index in [2.05, 4.69) is 0 Å². The Balaban J connectivity index is 0.00000121. The Morgan fingerprint density at radius 1 is 1.18 bits per heavy atom. The summed E-state index contributed by atoms with van der Waals surface area (Å²) < 4.78 is 24.3. The monoisotopic (exact) mass is 259 g/mol. The lowest BCUT2D eigenvalue weighted by atomic mass is 10.3. The van der Waals surface area contributed by atoms with Crippen molar-refractivity contribution in [2.75, 3.05) is 23.7 Å². The van der Waals surface area contributed by atoms with Gasteiger partial charge in [-0.2, -0.15) is 0 Å². The van der Waals surface area contributed by atoms with Gasteiger partial charge < -0.3 is 5.11 Å². The summed E-state index contributed by atoms with van der Waals surface area (Å²) in [6.07, 6.45) is 1.60. The molecular formula is C12H21NO3S. The number of aliphatic hydroxyl groups excluding tert-OH is 1. The van der Waals surface area contributed by atoms with Crippen LogP contribution in [0.5, 0.6) is 0 Å². The number of hydrogen-bond acceptors (Lipinski definition) is 3. The molecule has 0 radical (unpaired) electrons. The van der Waals surface area contributed by atoms with E-state index >= 15 is 0 Å². The number of anilines is 1. The summed E-state index contributed by atoms with van der Waals surface area (Å²) in [5.74, 6) is 0. The fraction of sp³-hybridized carbons (Fsp3) is 0.500. The number of para-hydroxylation sites is 1. The van der Waals surface area contributed by atoms with Crippen molar-refractivity contribution < 1.29 is 13.5 Å². The molecule has 1 aromatic carbocycles. The van der Waals surface area contributed by atoms with Crippen LogP contribution in [0.25, 0.3) is 0 Å². The fourth-order valence-corrected chi connectivity index (χ4v) is 2.26. The van der Waals surface area contributed by atoms with Crippen molar-refractivity contribution in [3.63, 3.8) is 0 Å². The molecule has 17 heavy (non-hydrogen) atoms. The lowest BCUT2D eigenvalue weighted by Gasteiger charge is -2.21. The quantitative estimate of drug-likeness (QED) is 0.878. The van der Waals surface area contributed by atoms with Gasteiger partial charge in [-0.15, -0.1) is 0 Å². The Morgan fingerprint density at radius 2 is 1.71 bits per heavy atom. The van der Waals surface area contributed by atoms with Gasteiger partial charge in [0, 0.05) is 13.2 Å². The molecule has 5 heteroatoms. The van der Waals surface area contributed by atoms with Gasteiger partial charge in [-0.1, -0.05) is 32.0 Å². The van der Waals surface area contributed by atoms with Gasteiger partial charge in [-0.05, 0) is 18.6 Å². The molecule has 0 aromatic heterocycles. The van der Waals surface area contributed by atoms with E-state index in [1.165, 1.54) is 4.31 Å². The molecule has 0 fully saturated rings. The predicted octanol–water partition coefficient (Wildman–Crippen LogP) is 1.86. The summed E-state index contributed by atoms with van der Waals surface area (Å²) in [6, 6.07) is 8.87. The second-order valence-corrected chi connectivity index (χ2v) is 5.15. The maximum Gasteiger partial charge on any atom is 0.232 e. The summed E-state index contributed by atoms with van der Waals surface area (Å²) in [5.41, 5.74) is 0.633. The lowest BCUT2D eigenvalue weighted by Crippen LogP contribution is -2.31. The molecule has 1 aromatic rings. The number of sulfonamides is 1. The molecule has 0 amide bonds.